The van der Waals surface area contributed by atoms with Gasteiger partial charge in [0.25, 0.3) is 5.97 Å². The highest BCUT2D eigenvalue weighted by Crippen LogP contribution is 2.11. The molecule has 2 nitrogen and oxygen atoms in total. The first-order chi connectivity index (χ1) is 8.65. The fourth-order valence-electron chi connectivity index (χ4n) is 1.78. The van der Waals surface area contributed by atoms with Crippen LogP contribution in [0.25, 0.3) is 0 Å². The zero-order valence-electron chi connectivity index (χ0n) is 12.4. The Morgan fingerprint density at radius 3 is 1.61 bits per heavy atom. The fourth-order valence-corrected chi connectivity index (χ4v) is 1.78. The van der Waals surface area contributed by atoms with Crippen molar-refractivity contribution in [3.05, 3.63) is 12.7 Å². The largest absolute Gasteiger partial charge is 0.481 e. The Morgan fingerprint density at radius 2 is 1.28 bits per heavy atom. The number of carbonyl (C=O) groups is 1. The molecule has 0 aliphatic carbocycles. The van der Waals surface area contributed by atoms with Crippen LogP contribution in [0.15, 0.2) is 12.7 Å². The van der Waals surface area contributed by atoms with Gasteiger partial charge in [-0.15, -0.1) is 6.58 Å². The van der Waals surface area contributed by atoms with Crippen LogP contribution in [0.3, 0.4) is 0 Å². The third-order valence-corrected chi connectivity index (χ3v) is 2.76. The second kappa shape index (κ2) is 18.6. The summed E-state index contributed by atoms with van der Waals surface area (Å²) in [5, 5.41) is 7.42. The molecule has 0 saturated carbocycles. The summed E-state index contributed by atoms with van der Waals surface area (Å²) >= 11 is 0. The van der Waals surface area contributed by atoms with E-state index < -0.39 is 5.97 Å². The van der Waals surface area contributed by atoms with Gasteiger partial charge < -0.3 is 5.11 Å². The summed E-state index contributed by atoms with van der Waals surface area (Å²) in [5.41, 5.74) is 0. The smallest absolute Gasteiger partial charge is 0.300 e. The van der Waals surface area contributed by atoms with E-state index in [9.17, 15) is 0 Å². The molecular formula is C16H32O2. The quantitative estimate of drug-likeness (QED) is 0.387. The number of carboxylic acid groups (broad SMARTS) is 1. The van der Waals surface area contributed by atoms with Gasteiger partial charge in [0.2, 0.25) is 0 Å². The van der Waals surface area contributed by atoms with Crippen molar-refractivity contribution in [1.29, 1.82) is 0 Å². The molecule has 0 aliphatic rings. The lowest BCUT2D eigenvalue weighted by Crippen LogP contribution is -1.81. The zero-order valence-corrected chi connectivity index (χ0v) is 12.4. The highest BCUT2D eigenvalue weighted by Gasteiger charge is 1.91. The van der Waals surface area contributed by atoms with Crippen molar-refractivity contribution in [2.24, 2.45) is 0 Å². The molecule has 108 valence electrons. The minimum atomic E-state index is -0.833. The summed E-state index contributed by atoms with van der Waals surface area (Å²) in [6.45, 7) is 7.10. The molecule has 0 spiro atoms. The van der Waals surface area contributed by atoms with Gasteiger partial charge in [-0.05, 0) is 12.8 Å². The van der Waals surface area contributed by atoms with E-state index in [1.54, 1.807) is 0 Å². The van der Waals surface area contributed by atoms with Gasteiger partial charge in [0.05, 0.1) is 0 Å². The third-order valence-electron chi connectivity index (χ3n) is 2.76. The Balaban J connectivity index is 0. The van der Waals surface area contributed by atoms with Crippen LogP contribution < -0.4 is 0 Å². The highest BCUT2D eigenvalue weighted by molar-refractivity contribution is 5.62. The monoisotopic (exact) mass is 256 g/mol. The van der Waals surface area contributed by atoms with Crippen LogP contribution in [0.5, 0.6) is 0 Å². The molecule has 0 atom stereocenters. The standard InChI is InChI=1S/C14H28.C2H4O2/c1-3-5-7-9-11-13-14-12-10-8-6-4-2;1-2(3)4/h3H,1,4-14H2,2H3;1H3,(H,3,4). The summed E-state index contributed by atoms with van der Waals surface area (Å²) in [7, 11) is 0. The van der Waals surface area contributed by atoms with Crippen LogP contribution in [-0.4, -0.2) is 11.1 Å². The number of aliphatic carboxylic acids is 1. The summed E-state index contributed by atoms with van der Waals surface area (Å²) in [6, 6.07) is 0. The topological polar surface area (TPSA) is 37.3 Å². The summed E-state index contributed by atoms with van der Waals surface area (Å²) in [6.07, 6.45) is 17.5. The van der Waals surface area contributed by atoms with Crippen molar-refractivity contribution in [3.8, 4) is 0 Å². The van der Waals surface area contributed by atoms with Crippen molar-refractivity contribution < 1.29 is 9.90 Å². The maximum atomic E-state index is 9.00. The predicted octanol–water partition coefficient (Wildman–Crippen LogP) is 5.57. The van der Waals surface area contributed by atoms with Crippen molar-refractivity contribution in [2.45, 2.75) is 84.5 Å². The number of hydrogen-bond acceptors (Lipinski definition) is 1. The Kier molecular flexibility index (Phi) is 20.2. The first-order valence-electron chi connectivity index (χ1n) is 7.45. The van der Waals surface area contributed by atoms with Gasteiger partial charge in [-0.25, -0.2) is 0 Å². The van der Waals surface area contributed by atoms with Crippen molar-refractivity contribution >= 4 is 5.97 Å². The van der Waals surface area contributed by atoms with Crippen molar-refractivity contribution in [2.75, 3.05) is 0 Å². The molecule has 0 saturated heterocycles. The van der Waals surface area contributed by atoms with Gasteiger partial charge in [-0.2, -0.15) is 0 Å². The highest BCUT2D eigenvalue weighted by atomic mass is 16.4. The van der Waals surface area contributed by atoms with E-state index in [0.29, 0.717) is 0 Å². The van der Waals surface area contributed by atoms with E-state index in [2.05, 4.69) is 13.5 Å². The molecule has 2 heteroatoms. The lowest BCUT2D eigenvalue weighted by atomic mass is 10.1. The average Bonchev–Trinajstić information content (AvgIpc) is 2.31. The third kappa shape index (κ3) is 29.5. The maximum Gasteiger partial charge on any atom is 0.300 e. The molecule has 1 N–H and O–H groups in total. The molecule has 0 rings (SSSR count). The van der Waals surface area contributed by atoms with E-state index in [1.807, 2.05) is 6.08 Å². The van der Waals surface area contributed by atoms with E-state index in [0.717, 1.165) is 6.92 Å². The predicted molar refractivity (Wildman–Crippen MR) is 80.0 cm³/mol. The second-order valence-corrected chi connectivity index (χ2v) is 4.78. The summed E-state index contributed by atoms with van der Waals surface area (Å²) < 4.78 is 0. The van der Waals surface area contributed by atoms with Crippen LogP contribution in [0.1, 0.15) is 84.5 Å². The fraction of sp³-hybridized carbons (Fsp3) is 0.812. The van der Waals surface area contributed by atoms with Gasteiger partial charge in [0.1, 0.15) is 0 Å². The SMILES string of the molecule is C=CCCCCCCCCCCCC.CC(=O)O. The molecule has 0 heterocycles. The van der Waals surface area contributed by atoms with Gasteiger partial charge in [-0.3, -0.25) is 4.79 Å². The van der Waals surface area contributed by atoms with Crippen LogP contribution in [0.4, 0.5) is 0 Å². The van der Waals surface area contributed by atoms with Gasteiger partial charge in [0, 0.05) is 6.92 Å². The van der Waals surface area contributed by atoms with Crippen molar-refractivity contribution in [1.82, 2.24) is 0 Å². The normalized spacial score (nSPS) is 9.44. The number of carboxylic acids is 1. The number of unbranched alkanes of at least 4 members (excludes halogenated alkanes) is 10. The van der Waals surface area contributed by atoms with Crippen LogP contribution in [0.2, 0.25) is 0 Å². The summed E-state index contributed by atoms with van der Waals surface area (Å²) in [5.74, 6) is -0.833. The minimum absolute atomic E-state index is 0.833. The molecule has 0 aromatic rings. The molecular weight excluding hydrogens is 224 g/mol. The molecule has 0 aromatic heterocycles. The van der Waals surface area contributed by atoms with Gasteiger partial charge >= 0.3 is 0 Å². The lowest BCUT2D eigenvalue weighted by molar-refractivity contribution is -0.134. The molecule has 0 radical (unpaired) electrons. The second-order valence-electron chi connectivity index (χ2n) is 4.78. The Labute approximate surface area is 113 Å². The van der Waals surface area contributed by atoms with E-state index in [-0.39, 0.29) is 0 Å². The molecule has 0 aromatic carbocycles. The Hall–Kier alpha value is -0.790. The van der Waals surface area contributed by atoms with Gasteiger partial charge in [0.15, 0.2) is 0 Å². The van der Waals surface area contributed by atoms with Gasteiger partial charge in [-0.1, -0.05) is 70.8 Å². The molecule has 0 fully saturated rings. The van der Waals surface area contributed by atoms with Crippen LogP contribution in [-0.2, 0) is 4.79 Å². The van der Waals surface area contributed by atoms with E-state index in [4.69, 9.17) is 9.90 Å². The first-order valence-corrected chi connectivity index (χ1v) is 7.45. The number of rotatable bonds is 11. The zero-order chi connectivity index (χ0) is 14.1. The van der Waals surface area contributed by atoms with E-state index in [1.165, 1.54) is 70.6 Å². The van der Waals surface area contributed by atoms with Crippen molar-refractivity contribution in [3.63, 3.8) is 0 Å². The average molecular weight is 256 g/mol. The molecule has 18 heavy (non-hydrogen) atoms. The molecule has 0 bridgehead atoms. The van der Waals surface area contributed by atoms with Crippen LogP contribution in [0, 0.1) is 0 Å². The molecule has 0 unspecified atom stereocenters. The Morgan fingerprint density at radius 1 is 0.944 bits per heavy atom. The number of allylic oxidation sites excluding steroid dienone is 1. The van der Waals surface area contributed by atoms with E-state index >= 15 is 0 Å². The Bertz CT molecular complexity index is 172. The first kappa shape index (κ1) is 19.5. The molecule has 0 amide bonds. The molecule has 0 aliphatic heterocycles. The van der Waals surface area contributed by atoms with Crippen LogP contribution >= 0.6 is 0 Å². The summed E-state index contributed by atoms with van der Waals surface area (Å²) in [4.78, 5) is 9.00. The minimum Gasteiger partial charge on any atom is -0.481 e. The lowest BCUT2D eigenvalue weighted by Gasteiger charge is -2.00. The number of hydrogen-bond donors (Lipinski definition) is 1. The maximum absolute atomic E-state index is 9.00.